The monoisotopic (exact) mass is 426 g/mol. The number of carbonyl (C=O) groups excluding carboxylic acids is 3. The van der Waals surface area contributed by atoms with Crippen LogP contribution in [-0.4, -0.2) is 41.9 Å². The third kappa shape index (κ3) is 4.88. The molecule has 1 aliphatic heterocycles. The van der Waals surface area contributed by atoms with Gasteiger partial charge >= 0.3 is 0 Å². The van der Waals surface area contributed by atoms with Crippen molar-refractivity contribution >= 4 is 17.6 Å². The predicted octanol–water partition coefficient (Wildman–Crippen LogP) is 3.26. The first-order valence-electron chi connectivity index (χ1n) is 10.6. The molecule has 1 aromatic carbocycles. The van der Waals surface area contributed by atoms with Crippen LogP contribution < -0.4 is 10.6 Å². The van der Waals surface area contributed by atoms with Crippen LogP contribution in [-0.2, 0) is 14.3 Å². The largest absolute Gasteiger partial charge is 0.461 e. The molecule has 2 heterocycles. The zero-order chi connectivity index (χ0) is 22.8. The van der Waals surface area contributed by atoms with Crippen molar-refractivity contribution in [1.29, 1.82) is 0 Å². The van der Waals surface area contributed by atoms with Gasteiger partial charge in [-0.05, 0) is 39.2 Å². The minimum Gasteiger partial charge on any atom is -0.461 e. The van der Waals surface area contributed by atoms with Crippen LogP contribution in [0.3, 0.4) is 0 Å². The number of nitrogens with one attached hydrogen (secondary N) is 2. The number of furan rings is 1. The average molecular weight is 427 g/mol. The zero-order valence-electron chi connectivity index (χ0n) is 18.7. The molecule has 0 aliphatic carbocycles. The minimum atomic E-state index is -1.11. The van der Waals surface area contributed by atoms with Crippen molar-refractivity contribution in [1.82, 2.24) is 10.6 Å². The number of ketones is 1. The summed E-state index contributed by atoms with van der Waals surface area (Å²) < 4.78 is 11.2. The van der Waals surface area contributed by atoms with Crippen LogP contribution in [0, 0.1) is 12.8 Å². The Bertz CT molecular complexity index is 966. The van der Waals surface area contributed by atoms with Crippen LogP contribution in [0.15, 0.2) is 40.8 Å². The molecule has 2 N–H and O–H groups in total. The van der Waals surface area contributed by atoms with Gasteiger partial charge in [0, 0.05) is 5.56 Å². The van der Waals surface area contributed by atoms with Gasteiger partial charge < -0.3 is 19.8 Å². The number of benzene rings is 1. The van der Waals surface area contributed by atoms with Crippen molar-refractivity contribution in [2.24, 2.45) is 5.92 Å². The Labute approximate surface area is 182 Å². The summed E-state index contributed by atoms with van der Waals surface area (Å²) in [4.78, 5) is 38.3. The van der Waals surface area contributed by atoms with Crippen molar-refractivity contribution < 1.29 is 23.5 Å². The highest BCUT2D eigenvalue weighted by Gasteiger charge is 2.47. The summed E-state index contributed by atoms with van der Waals surface area (Å²) in [5, 5.41) is 5.64. The first-order chi connectivity index (χ1) is 14.6. The van der Waals surface area contributed by atoms with Gasteiger partial charge in [-0.1, -0.05) is 44.2 Å². The SMILES string of the molecule is Cc1oc(-c2ccccc2)cc1C(=O)N[C@H](CC(C)C)C(=O)N[C@@]1(C)C(=O)CO[C@@H]1C. The molecule has 1 saturated heterocycles. The van der Waals surface area contributed by atoms with Crippen LogP contribution in [0.4, 0.5) is 0 Å². The van der Waals surface area contributed by atoms with Crippen molar-refractivity contribution in [3.63, 3.8) is 0 Å². The summed E-state index contributed by atoms with van der Waals surface area (Å²) in [6.45, 7) is 9.03. The molecule has 7 heteroatoms. The first-order valence-corrected chi connectivity index (χ1v) is 10.6. The fourth-order valence-electron chi connectivity index (χ4n) is 3.65. The van der Waals surface area contributed by atoms with Crippen molar-refractivity contribution in [3.05, 3.63) is 47.7 Å². The lowest BCUT2D eigenvalue weighted by molar-refractivity contribution is -0.130. The van der Waals surface area contributed by atoms with E-state index in [1.165, 1.54) is 0 Å². The standard InChI is InChI=1S/C24H30N2O5/c1-14(2)11-19(23(29)26-24(5)16(4)30-13-21(24)27)25-22(28)18-12-20(31-15(18)3)17-9-7-6-8-10-17/h6-10,12,14,16,19H,11,13H2,1-5H3,(H,25,28)(H,26,29)/t16-,19-,24-/m1/s1. The second-order valence-corrected chi connectivity index (χ2v) is 8.67. The van der Waals surface area contributed by atoms with Crippen molar-refractivity contribution in [2.45, 2.75) is 58.7 Å². The third-order valence-corrected chi connectivity index (χ3v) is 5.79. The summed E-state index contributed by atoms with van der Waals surface area (Å²) in [6.07, 6.45) is -0.0108. The van der Waals surface area contributed by atoms with Crippen LogP contribution in [0.5, 0.6) is 0 Å². The van der Waals surface area contributed by atoms with E-state index >= 15 is 0 Å². The van der Waals surface area contributed by atoms with Gasteiger partial charge in [0.1, 0.15) is 29.7 Å². The van der Waals surface area contributed by atoms with E-state index in [4.69, 9.17) is 9.15 Å². The molecule has 0 saturated carbocycles. The molecule has 166 valence electrons. The quantitative estimate of drug-likeness (QED) is 0.708. The van der Waals surface area contributed by atoms with Gasteiger partial charge in [-0.3, -0.25) is 14.4 Å². The van der Waals surface area contributed by atoms with E-state index in [0.29, 0.717) is 23.5 Å². The topological polar surface area (TPSA) is 97.6 Å². The fraction of sp³-hybridized carbons (Fsp3) is 0.458. The first kappa shape index (κ1) is 22.7. The second kappa shape index (κ2) is 9.06. The van der Waals surface area contributed by atoms with Gasteiger partial charge in [-0.2, -0.15) is 0 Å². The van der Waals surface area contributed by atoms with E-state index < -0.39 is 29.5 Å². The molecule has 3 atom stereocenters. The number of amides is 2. The predicted molar refractivity (Wildman–Crippen MR) is 117 cm³/mol. The lowest BCUT2D eigenvalue weighted by Crippen LogP contribution is -2.60. The van der Waals surface area contributed by atoms with Crippen LogP contribution in [0.2, 0.25) is 0 Å². The lowest BCUT2D eigenvalue weighted by Gasteiger charge is -2.30. The Morgan fingerprint density at radius 3 is 2.48 bits per heavy atom. The normalized spacial score (nSPS) is 21.9. The molecule has 1 aromatic heterocycles. The number of hydrogen-bond donors (Lipinski definition) is 2. The molecule has 0 radical (unpaired) electrons. The fourth-order valence-corrected chi connectivity index (χ4v) is 3.65. The van der Waals surface area contributed by atoms with Crippen molar-refractivity contribution in [2.75, 3.05) is 6.61 Å². The zero-order valence-corrected chi connectivity index (χ0v) is 18.7. The maximum Gasteiger partial charge on any atom is 0.255 e. The summed E-state index contributed by atoms with van der Waals surface area (Å²) in [7, 11) is 0. The Kier molecular flexibility index (Phi) is 6.65. The van der Waals surface area contributed by atoms with Gasteiger partial charge in [0.25, 0.3) is 5.91 Å². The van der Waals surface area contributed by atoms with Crippen LogP contribution in [0.25, 0.3) is 11.3 Å². The van der Waals surface area contributed by atoms with Gasteiger partial charge in [0.05, 0.1) is 11.7 Å². The van der Waals surface area contributed by atoms with Crippen molar-refractivity contribution in [3.8, 4) is 11.3 Å². The molecule has 0 bridgehead atoms. The van der Waals surface area contributed by atoms with E-state index in [1.54, 1.807) is 26.8 Å². The summed E-state index contributed by atoms with van der Waals surface area (Å²) >= 11 is 0. The lowest BCUT2D eigenvalue weighted by atomic mass is 9.92. The Morgan fingerprint density at radius 1 is 1.23 bits per heavy atom. The minimum absolute atomic E-state index is 0.0321. The molecule has 1 aliphatic rings. The maximum absolute atomic E-state index is 13.1. The molecule has 3 rings (SSSR count). The number of aryl methyl sites for hydroxylation is 1. The number of Topliss-reactive ketones (excluding diaryl/α,β-unsaturated/α-hetero) is 1. The van der Waals surface area contributed by atoms with E-state index in [9.17, 15) is 14.4 Å². The van der Waals surface area contributed by atoms with Gasteiger partial charge in [0.15, 0.2) is 5.78 Å². The van der Waals surface area contributed by atoms with E-state index in [-0.39, 0.29) is 18.3 Å². The average Bonchev–Trinajstić information content (AvgIpc) is 3.23. The summed E-state index contributed by atoms with van der Waals surface area (Å²) in [6, 6.07) is 10.4. The Morgan fingerprint density at radius 2 is 1.90 bits per heavy atom. The van der Waals surface area contributed by atoms with E-state index in [0.717, 1.165) is 5.56 Å². The highest BCUT2D eigenvalue weighted by atomic mass is 16.5. The van der Waals surface area contributed by atoms with Crippen LogP contribution in [0.1, 0.15) is 50.2 Å². The molecule has 2 amide bonds. The summed E-state index contributed by atoms with van der Waals surface area (Å²) in [5.74, 6) is 0.238. The molecule has 1 fully saturated rings. The maximum atomic E-state index is 13.1. The molecule has 31 heavy (non-hydrogen) atoms. The van der Waals surface area contributed by atoms with Gasteiger partial charge in [-0.25, -0.2) is 0 Å². The second-order valence-electron chi connectivity index (χ2n) is 8.67. The van der Waals surface area contributed by atoms with Crippen LogP contribution >= 0.6 is 0 Å². The number of carbonyl (C=O) groups is 3. The molecular formula is C24H30N2O5. The van der Waals surface area contributed by atoms with E-state index in [2.05, 4.69) is 10.6 Å². The molecular weight excluding hydrogens is 396 g/mol. The number of ether oxygens (including phenoxy) is 1. The highest BCUT2D eigenvalue weighted by Crippen LogP contribution is 2.26. The smallest absolute Gasteiger partial charge is 0.255 e. The Hall–Kier alpha value is -2.93. The number of rotatable bonds is 7. The molecule has 7 nitrogen and oxygen atoms in total. The number of hydrogen-bond acceptors (Lipinski definition) is 5. The third-order valence-electron chi connectivity index (χ3n) is 5.79. The molecule has 0 unspecified atom stereocenters. The summed E-state index contributed by atoms with van der Waals surface area (Å²) in [5.41, 5.74) is 0.131. The Balaban J connectivity index is 1.78. The van der Waals surface area contributed by atoms with Gasteiger partial charge in [0.2, 0.25) is 5.91 Å². The highest BCUT2D eigenvalue weighted by molar-refractivity contribution is 6.01. The molecule has 0 spiro atoms. The van der Waals surface area contributed by atoms with E-state index in [1.807, 2.05) is 44.2 Å². The van der Waals surface area contributed by atoms with Gasteiger partial charge in [-0.15, -0.1) is 0 Å². The molecule has 2 aromatic rings.